The zero-order valence-corrected chi connectivity index (χ0v) is 15.2. The predicted octanol–water partition coefficient (Wildman–Crippen LogP) is 3.96. The highest BCUT2D eigenvalue weighted by molar-refractivity contribution is 6.30. The quantitative estimate of drug-likeness (QED) is 0.598. The lowest BCUT2D eigenvalue weighted by molar-refractivity contribution is 0.307. The molecule has 6 heteroatoms. The zero-order chi connectivity index (χ0) is 17.6. The molecule has 2 N–H and O–H groups in total. The van der Waals surface area contributed by atoms with Crippen LogP contribution in [0.5, 0.6) is 11.5 Å². The summed E-state index contributed by atoms with van der Waals surface area (Å²) in [4.78, 5) is 7.92. The molecular formula is C19H22ClN3O2. The van der Waals surface area contributed by atoms with Crippen LogP contribution in [0.15, 0.2) is 36.4 Å². The number of rotatable bonds is 8. The number of hydrogen-bond acceptors (Lipinski definition) is 4. The number of nitrogens with one attached hydrogen (secondary N) is 2. The molecule has 3 rings (SSSR count). The predicted molar refractivity (Wildman–Crippen MR) is 101 cm³/mol. The van der Waals surface area contributed by atoms with Gasteiger partial charge in [0.15, 0.2) is 11.5 Å². The van der Waals surface area contributed by atoms with E-state index in [1.54, 1.807) is 13.2 Å². The Labute approximate surface area is 152 Å². The van der Waals surface area contributed by atoms with Crippen LogP contribution in [0.3, 0.4) is 0 Å². The Kier molecular flexibility index (Phi) is 5.79. The smallest absolute Gasteiger partial charge is 0.165 e. The third-order valence-electron chi connectivity index (χ3n) is 3.90. The van der Waals surface area contributed by atoms with E-state index in [4.69, 9.17) is 21.1 Å². The highest BCUT2D eigenvalue weighted by Crippen LogP contribution is 2.34. The Bertz CT molecular complexity index is 815. The van der Waals surface area contributed by atoms with Gasteiger partial charge in [0.1, 0.15) is 5.82 Å². The topological polar surface area (TPSA) is 59.2 Å². The maximum absolute atomic E-state index is 6.18. The largest absolute Gasteiger partial charge is 0.493 e. The highest BCUT2D eigenvalue weighted by atomic mass is 35.5. The minimum Gasteiger partial charge on any atom is -0.493 e. The normalized spacial score (nSPS) is 11.0. The number of fused-ring (bicyclic) bond motifs is 1. The SMILES string of the molecule is CCOc1c(CNCCc2nc3ccccc3[nH]2)cc(Cl)cc1OC. The summed E-state index contributed by atoms with van der Waals surface area (Å²) in [5.41, 5.74) is 3.04. The molecule has 0 aliphatic rings. The molecule has 0 bridgehead atoms. The van der Waals surface area contributed by atoms with Gasteiger partial charge >= 0.3 is 0 Å². The summed E-state index contributed by atoms with van der Waals surface area (Å²) in [6, 6.07) is 11.7. The molecule has 0 saturated carbocycles. The van der Waals surface area contributed by atoms with Gasteiger partial charge in [-0.05, 0) is 25.1 Å². The van der Waals surface area contributed by atoms with Crippen molar-refractivity contribution in [1.29, 1.82) is 0 Å². The number of hydrogen-bond donors (Lipinski definition) is 2. The summed E-state index contributed by atoms with van der Waals surface area (Å²) in [6.45, 7) is 3.96. The lowest BCUT2D eigenvalue weighted by atomic mass is 10.1. The minimum atomic E-state index is 0.573. The van der Waals surface area contributed by atoms with Crippen LogP contribution in [0, 0.1) is 0 Å². The fourth-order valence-corrected chi connectivity index (χ4v) is 3.00. The third kappa shape index (κ3) is 4.24. The molecule has 0 amide bonds. The molecular weight excluding hydrogens is 338 g/mol. The number of benzene rings is 2. The van der Waals surface area contributed by atoms with E-state index in [9.17, 15) is 0 Å². The molecule has 1 aromatic heterocycles. The molecule has 25 heavy (non-hydrogen) atoms. The average molecular weight is 360 g/mol. The van der Waals surface area contributed by atoms with E-state index in [0.717, 1.165) is 41.1 Å². The second-order valence-corrected chi connectivity index (χ2v) is 6.09. The van der Waals surface area contributed by atoms with Gasteiger partial charge in [-0.1, -0.05) is 23.7 Å². The first-order valence-corrected chi connectivity index (χ1v) is 8.72. The van der Waals surface area contributed by atoms with E-state index >= 15 is 0 Å². The van der Waals surface area contributed by atoms with Crippen LogP contribution in [-0.4, -0.2) is 30.2 Å². The van der Waals surface area contributed by atoms with Crippen LogP contribution in [0.4, 0.5) is 0 Å². The number of H-pyrrole nitrogens is 1. The summed E-state index contributed by atoms with van der Waals surface area (Å²) in [5.74, 6) is 2.37. The van der Waals surface area contributed by atoms with Gasteiger partial charge in [0.05, 0.1) is 24.8 Å². The van der Waals surface area contributed by atoms with Gasteiger partial charge in [-0.3, -0.25) is 0 Å². The van der Waals surface area contributed by atoms with Gasteiger partial charge in [-0.25, -0.2) is 4.98 Å². The van der Waals surface area contributed by atoms with E-state index in [0.29, 0.717) is 23.9 Å². The van der Waals surface area contributed by atoms with Crippen LogP contribution in [-0.2, 0) is 13.0 Å². The first-order chi connectivity index (χ1) is 12.2. The Morgan fingerprint density at radius 1 is 1.24 bits per heavy atom. The number of halogens is 1. The van der Waals surface area contributed by atoms with Gasteiger partial charge in [0.25, 0.3) is 0 Å². The molecule has 2 aromatic carbocycles. The molecule has 0 aliphatic heterocycles. The molecule has 0 radical (unpaired) electrons. The first kappa shape index (κ1) is 17.6. The van der Waals surface area contributed by atoms with Gasteiger partial charge < -0.3 is 19.8 Å². The van der Waals surface area contributed by atoms with Crippen LogP contribution in [0.1, 0.15) is 18.3 Å². The number of imidazole rings is 1. The number of aromatic amines is 1. The van der Waals surface area contributed by atoms with E-state index in [2.05, 4.69) is 15.3 Å². The summed E-state index contributed by atoms with van der Waals surface area (Å²) in [6.07, 6.45) is 0.816. The molecule has 0 atom stereocenters. The molecule has 132 valence electrons. The Morgan fingerprint density at radius 2 is 2.08 bits per heavy atom. The van der Waals surface area contributed by atoms with E-state index in [1.165, 1.54) is 0 Å². The second-order valence-electron chi connectivity index (χ2n) is 5.66. The highest BCUT2D eigenvalue weighted by Gasteiger charge is 2.12. The minimum absolute atomic E-state index is 0.573. The van der Waals surface area contributed by atoms with Crippen molar-refractivity contribution in [3.05, 3.63) is 52.8 Å². The fourth-order valence-electron chi connectivity index (χ4n) is 2.77. The molecule has 0 unspecified atom stereocenters. The van der Waals surface area contributed by atoms with E-state index < -0.39 is 0 Å². The van der Waals surface area contributed by atoms with Crippen LogP contribution in [0.2, 0.25) is 5.02 Å². The Balaban J connectivity index is 1.62. The number of aromatic nitrogens is 2. The van der Waals surface area contributed by atoms with Gasteiger partial charge in [0.2, 0.25) is 0 Å². The standard InChI is InChI=1S/C19H22ClN3O2/c1-3-25-19-13(10-14(20)11-17(19)24-2)12-21-9-8-18-22-15-6-4-5-7-16(15)23-18/h4-7,10-11,21H,3,8-9,12H2,1-2H3,(H,22,23). The van der Waals surface area contributed by atoms with Crippen molar-refractivity contribution in [1.82, 2.24) is 15.3 Å². The number of nitrogens with zero attached hydrogens (tertiary/aromatic N) is 1. The average Bonchev–Trinajstić information content (AvgIpc) is 3.03. The van der Waals surface area contributed by atoms with E-state index in [-0.39, 0.29) is 0 Å². The fraction of sp³-hybridized carbons (Fsp3) is 0.316. The molecule has 5 nitrogen and oxygen atoms in total. The van der Waals surface area contributed by atoms with Gasteiger partial charge in [-0.2, -0.15) is 0 Å². The third-order valence-corrected chi connectivity index (χ3v) is 4.12. The Morgan fingerprint density at radius 3 is 2.84 bits per heavy atom. The van der Waals surface area contributed by atoms with Gasteiger partial charge in [0, 0.05) is 36.2 Å². The van der Waals surface area contributed by atoms with Gasteiger partial charge in [-0.15, -0.1) is 0 Å². The van der Waals surface area contributed by atoms with Crippen molar-refractivity contribution in [2.45, 2.75) is 19.9 Å². The summed E-state index contributed by atoms with van der Waals surface area (Å²) >= 11 is 6.18. The van der Waals surface area contributed by atoms with Crippen LogP contribution in [0.25, 0.3) is 11.0 Å². The number of methoxy groups -OCH3 is 1. The number of para-hydroxylation sites is 2. The molecule has 0 saturated heterocycles. The van der Waals surface area contributed by atoms with E-state index in [1.807, 2.05) is 37.3 Å². The van der Waals surface area contributed by atoms with Crippen molar-refractivity contribution >= 4 is 22.6 Å². The van der Waals surface area contributed by atoms with Crippen molar-refractivity contribution in [3.63, 3.8) is 0 Å². The van der Waals surface area contributed by atoms with Crippen molar-refractivity contribution in [3.8, 4) is 11.5 Å². The molecule has 0 fully saturated rings. The van der Waals surface area contributed by atoms with Crippen LogP contribution < -0.4 is 14.8 Å². The van der Waals surface area contributed by atoms with Crippen molar-refractivity contribution in [2.24, 2.45) is 0 Å². The Hall–Kier alpha value is -2.24. The lowest BCUT2D eigenvalue weighted by Crippen LogP contribution is -2.18. The molecule has 1 heterocycles. The molecule has 3 aromatic rings. The summed E-state index contributed by atoms with van der Waals surface area (Å²) in [5, 5.41) is 4.05. The second kappa shape index (κ2) is 8.23. The van der Waals surface area contributed by atoms with Crippen LogP contribution >= 0.6 is 11.6 Å². The monoisotopic (exact) mass is 359 g/mol. The lowest BCUT2D eigenvalue weighted by Gasteiger charge is -2.15. The number of ether oxygens (including phenoxy) is 2. The first-order valence-electron chi connectivity index (χ1n) is 8.34. The molecule has 0 spiro atoms. The maximum atomic E-state index is 6.18. The summed E-state index contributed by atoms with van der Waals surface area (Å²) < 4.78 is 11.1. The zero-order valence-electron chi connectivity index (χ0n) is 14.4. The summed E-state index contributed by atoms with van der Waals surface area (Å²) in [7, 11) is 1.62. The van der Waals surface area contributed by atoms with Crippen molar-refractivity contribution < 1.29 is 9.47 Å². The van der Waals surface area contributed by atoms with Crippen molar-refractivity contribution in [2.75, 3.05) is 20.3 Å². The molecule has 0 aliphatic carbocycles. The maximum Gasteiger partial charge on any atom is 0.165 e.